The second-order valence-corrected chi connectivity index (χ2v) is 6.14. The van der Waals surface area contributed by atoms with Gasteiger partial charge >= 0.3 is 0 Å². The molecule has 0 saturated carbocycles. The lowest BCUT2D eigenvalue weighted by molar-refractivity contribution is 0.00851. The van der Waals surface area contributed by atoms with E-state index >= 15 is 0 Å². The Labute approximate surface area is 106 Å². The highest BCUT2D eigenvalue weighted by Crippen LogP contribution is 2.22. The fourth-order valence-corrected chi connectivity index (χ4v) is 2.87. The van der Waals surface area contributed by atoms with Gasteiger partial charge in [-0.3, -0.25) is 9.80 Å². The molecule has 1 fully saturated rings. The summed E-state index contributed by atoms with van der Waals surface area (Å²) in [4.78, 5) is 4.90. The molecule has 0 aromatic rings. The zero-order valence-electron chi connectivity index (χ0n) is 12.0. The van der Waals surface area contributed by atoms with Gasteiger partial charge in [0.1, 0.15) is 0 Å². The van der Waals surface area contributed by atoms with E-state index in [4.69, 9.17) is 0 Å². The second-order valence-electron chi connectivity index (χ2n) is 6.14. The van der Waals surface area contributed by atoms with E-state index < -0.39 is 0 Å². The molecule has 1 heterocycles. The van der Waals surface area contributed by atoms with Gasteiger partial charge in [0.2, 0.25) is 0 Å². The first kappa shape index (κ1) is 14.5. The lowest BCUT2D eigenvalue weighted by Crippen LogP contribution is -2.59. The molecule has 0 N–H and O–H groups in total. The van der Waals surface area contributed by atoms with E-state index in [1.807, 2.05) is 0 Å². The van der Waals surface area contributed by atoms with Gasteiger partial charge < -0.3 is 0 Å². The molecular weight excluding hydrogens is 210 g/mol. The summed E-state index contributed by atoms with van der Waals surface area (Å²) in [6, 6.07) is 3.11. The largest absolute Gasteiger partial charge is 0.293 e. The third kappa shape index (κ3) is 3.69. The Bertz CT molecular complexity index is 274. The molecular formula is C14H27N3. The maximum absolute atomic E-state index is 9.22. The van der Waals surface area contributed by atoms with Crippen LogP contribution >= 0.6 is 0 Å². The van der Waals surface area contributed by atoms with E-state index in [9.17, 15) is 5.26 Å². The van der Waals surface area contributed by atoms with Crippen LogP contribution in [0, 0.1) is 11.3 Å². The standard InChI is InChI=1S/C14H27N3/c1-6-7-13(10-15)16-8-9-17(12(2)11-16)14(3,4)5/h12-13H,6-9,11H2,1-5H3. The van der Waals surface area contributed by atoms with Gasteiger partial charge in [0.25, 0.3) is 0 Å². The Kier molecular flexibility index (Phi) is 4.97. The van der Waals surface area contributed by atoms with Crippen LogP contribution in [0.5, 0.6) is 0 Å². The van der Waals surface area contributed by atoms with Gasteiger partial charge in [0.05, 0.1) is 12.1 Å². The van der Waals surface area contributed by atoms with E-state index in [2.05, 4.69) is 50.5 Å². The van der Waals surface area contributed by atoms with Crippen molar-refractivity contribution in [3.63, 3.8) is 0 Å². The maximum Gasteiger partial charge on any atom is 0.0978 e. The average Bonchev–Trinajstić information content (AvgIpc) is 2.23. The fraction of sp³-hybridized carbons (Fsp3) is 0.929. The molecule has 0 spiro atoms. The van der Waals surface area contributed by atoms with Crippen molar-refractivity contribution < 1.29 is 0 Å². The van der Waals surface area contributed by atoms with Crippen LogP contribution < -0.4 is 0 Å². The van der Waals surface area contributed by atoms with Crippen LogP contribution in [0.2, 0.25) is 0 Å². The second kappa shape index (κ2) is 5.84. The molecule has 17 heavy (non-hydrogen) atoms. The molecule has 0 aromatic carbocycles. The third-order valence-corrected chi connectivity index (χ3v) is 3.67. The molecule has 98 valence electrons. The van der Waals surface area contributed by atoms with Crippen molar-refractivity contribution in [3.05, 3.63) is 0 Å². The molecule has 3 heteroatoms. The summed E-state index contributed by atoms with van der Waals surface area (Å²) in [5, 5.41) is 9.22. The molecule has 0 radical (unpaired) electrons. The zero-order chi connectivity index (χ0) is 13.1. The van der Waals surface area contributed by atoms with E-state index in [0.29, 0.717) is 6.04 Å². The predicted molar refractivity (Wildman–Crippen MR) is 71.8 cm³/mol. The summed E-state index contributed by atoms with van der Waals surface area (Å²) in [5.74, 6) is 0. The number of nitrogens with zero attached hydrogens (tertiary/aromatic N) is 3. The van der Waals surface area contributed by atoms with Gasteiger partial charge in [-0.1, -0.05) is 13.3 Å². The van der Waals surface area contributed by atoms with Crippen LogP contribution in [0.4, 0.5) is 0 Å². The van der Waals surface area contributed by atoms with Gasteiger partial charge in [-0.25, -0.2) is 0 Å². The lowest BCUT2D eigenvalue weighted by atomic mass is 9.99. The molecule has 1 saturated heterocycles. The van der Waals surface area contributed by atoms with Crippen molar-refractivity contribution in [1.82, 2.24) is 9.80 Å². The first-order valence-corrected chi connectivity index (χ1v) is 6.80. The average molecular weight is 237 g/mol. The summed E-state index contributed by atoms with van der Waals surface area (Å²) in [5.41, 5.74) is 0.235. The molecule has 1 aliphatic heterocycles. The Hall–Kier alpha value is -0.590. The molecule has 1 rings (SSSR count). The highest BCUT2D eigenvalue weighted by atomic mass is 15.3. The van der Waals surface area contributed by atoms with Crippen LogP contribution in [0.3, 0.4) is 0 Å². The van der Waals surface area contributed by atoms with Crippen molar-refractivity contribution in [3.8, 4) is 6.07 Å². The Morgan fingerprint density at radius 1 is 1.35 bits per heavy atom. The highest BCUT2D eigenvalue weighted by molar-refractivity contribution is 4.96. The third-order valence-electron chi connectivity index (χ3n) is 3.67. The Morgan fingerprint density at radius 3 is 2.41 bits per heavy atom. The van der Waals surface area contributed by atoms with Gasteiger partial charge in [-0.15, -0.1) is 0 Å². The van der Waals surface area contributed by atoms with Crippen molar-refractivity contribution in [2.45, 2.75) is 65.1 Å². The monoisotopic (exact) mass is 237 g/mol. The minimum atomic E-state index is 0.115. The van der Waals surface area contributed by atoms with Crippen LogP contribution in [0.15, 0.2) is 0 Å². The maximum atomic E-state index is 9.22. The molecule has 0 aliphatic carbocycles. The van der Waals surface area contributed by atoms with E-state index in [1.165, 1.54) is 0 Å². The predicted octanol–water partition coefficient (Wildman–Crippen LogP) is 2.48. The smallest absolute Gasteiger partial charge is 0.0978 e. The fourth-order valence-electron chi connectivity index (χ4n) is 2.87. The summed E-state index contributed by atoms with van der Waals surface area (Å²) in [6.07, 6.45) is 2.09. The zero-order valence-corrected chi connectivity index (χ0v) is 12.0. The molecule has 0 aromatic heterocycles. The van der Waals surface area contributed by atoms with Gasteiger partial charge in [-0.05, 0) is 34.1 Å². The first-order chi connectivity index (χ1) is 7.90. The van der Waals surface area contributed by atoms with Crippen molar-refractivity contribution in [1.29, 1.82) is 5.26 Å². The SMILES string of the molecule is CCCC(C#N)N1CCN(C(C)(C)C)C(C)C1. The first-order valence-electron chi connectivity index (χ1n) is 6.80. The van der Waals surface area contributed by atoms with Gasteiger partial charge in [-0.2, -0.15) is 5.26 Å². The summed E-state index contributed by atoms with van der Waals surface area (Å²) in [7, 11) is 0. The normalized spacial score (nSPS) is 25.5. The number of piperazine rings is 1. The molecule has 0 amide bonds. The van der Waals surface area contributed by atoms with Crippen molar-refractivity contribution in [2.24, 2.45) is 0 Å². The van der Waals surface area contributed by atoms with Gasteiger partial charge in [0.15, 0.2) is 0 Å². The molecule has 3 nitrogen and oxygen atoms in total. The van der Waals surface area contributed by atoms with Crippen molar-refractivity contribution >= 4 is 0 Å². The minimum Gasteiger partial charge on any atom is -0.293 e. The van der Waals surface area contributed by atoms with Crippen molar-refractivity contribution in [2.75, 3.05) is 19.6 Å². The lowest BCUT2D eigenvalue weighted by Gasteiger charge is -2.47. The molecule has 2 unspecified atom stereocenters. The molecule has 0 bridgehead atoms. The summed E-state index contributed by atoms with van der Waals surface area (Å²) in [6.45, 7) is 14.4. The van der Waals surface area contributed by atoms with E-state index in [1.54, 1.807) is 0 Å². The number of nitriles is 1. The Balaban J connectivity index is 2.60. The van der Waals surface area contributed by atoms with Crippen LogP contribution in [0.1, 0.15) is 47.5 Å². The number of hydrogen-bond acceptors (Lipinski definition) is 3. The Morgan fingerprint density at radius 2 is 2.00 bits per heavy atom. The number of rotatable bonds is 3. The quantitative estimate of drug-likeness (QED) is 0.755. The van der Waals surface area contributed by atoms with E-state index in [-0.39, 0.29) is 11.6 Å². The number of hydrogen-bond donors (Lipinski definition) is 0. The summed E-state index contributed by atoms with van der Waals surface area (Å²) >= 11 is 0. The summed E-state index contributed by atoms with van der Waals surface area (Å²) < 4.78 is 0. The van der Waals surface area contributed by atoms with Gasteiger partial charge in [0, 0.05) is 31.2 Å². The van der Waals surface area contributed by atoms with Crippen LogP contribution in [-0.2, 0) is 0 Å². The van der Waals surface area contributed by atoms with Crippen LogP contribution in [0.25, 0.3) is 0 Å². The molecule has 1 aliphatic rings. The highest BCUT2D eigenvalue weighted by Gasteiger charge is 2.33. The van der Waals surface area contributed by atoms with E-state index in [0.717, 1.165) is 32.5 Å². The minimum absolute atomic E-state index is 0.115. The van der Waals surface area contributed by atoms with Crippen LogP contribution in [-0.4, -0.2) is 47.1 Å². The topological polar surface area (TPSA) is 30.3 Å². The molecule has 2 atom stereocenters.